The SMILES string of the molecule is O=C(CCNC(=O)c1ccc(Br)cc1)Nc1ccnn1Cc1cccc(Cl)c1Cl. The highest BCUT2D eigenvalue weighted by molar-refractivity contribution is 9.10. The standard InChI is InChI=1S/C20H17BrCl2N4O2/c21-15-6-4-13(5-7-15)20(29)24-10-9-18(28)26-17-8-11-25-27(17)12-14-2-1-3-16(22)19(14)23/h1-8,11H,9-10,12H2,(H,24,29)(H,26,28). The van der Waals surface area contributed by atoms with Crippen LogP contribution < -0.4 is 10.6 Å². The van der Waals surface area contributed by atoms with E-state index in [9.17, 15) is 9.59 Å². The third-order valence-electron chi connectivity index (χ3n) is 4.08. The Hall–Kier alpha value is -2.35. The third-order valence-corrected chi connectivity index (χ3v) is 5.47. The van der Waals surface area contributed by atoms with Crippen LogP contribution in [-0.4, -0.2) is 28.1 Å². The van der Waals surface area contributed by atoms with E-state index in [4.69, 9.17) is 23.2 Å². The number of amides is 2. The minimum absolute atomic E-state index is 0.130. The summed E-state index contributed by atoms with van der Waals surface area (Å²) in [5.41, 5.74) is 1.32. The van der Waals surface area contributed by atoms with Crippen molar-refractivity contribution in [2.24, 2.45) is 0 Å². The molecule has 0 aliphatic rings. The smallest absolute Gasteiger partial charge is 0.251 e. The van der Waals surface area contributed by atoms with Gasteiger partial charge in [0.2, 0.25) is 5.91 Å². The zero-order valence-electron chi connectivity index (χ0n) is 15.2. The first-order valence-corrected chi connectivity index (χ1v) is 10.3. The number of aromatic nitrogens is 2. The van der Waals surface area contributed by atoms with Gasteiger partial charge in [-0.1, -0.05) is 51.3 Å². The molecule has 0 atom stereocenters. The molecule has 3 rings (SSSR count). The predicted octanol–water partition coefficient (Wildman–Crippen LogP) is 4.76. The van der Waals surface area contributed by atoms with E-state index in [1.165, 1.54) is 0 Å². The Morgan fingerprint density at radius 1 is 1.07 bits per heavy atom. The van der Waals surface area contributed by atoms with Gasteiger partial charge >= 0.3 is 0 Å². The Kier molecular flexibility index (Phi) is 7.30. The highest BCUT2D eigenvalue weighted by Gasteiger charge is 2.11. The maximum Gasteiger partial charge on any atom is 0.251 e. The number of rotatable bonds is 7. The molecule has 2 aromatic carbocycles. The lowest BCUT2D eigenvalue weighted by Gasteiger charge is -2.11. The average Bonchev–Trinajstić information content (AvgIpc) is 3.12. The number of nitrogens with one attached hydrogen (secondary N) is 2. The first-order valence-electron chi connectivity index (χ1n) is 8.72. The Morgan fingerprint density at radius 3 is 2.59 bits per heavy atom. The van der Waals surface area contributed by atoms with E-state index < -0.39 is 0 Å². The van der Waals surface area contributed by atoms with Gasteiger partial charge in [0, 0.05) is 29.1 Å². The lowest BCUT2D eigenvalue weighted by atomic mass is 10.2. The van der Waals surface area contributed by atoms with E-state index >= 15 is 0 Å². The summed E-state index contributed by atoms with van der Waals surface area (Å²) in [5, 5.41) is 10.7. The number of hydrogen-bond donors (Lipinski definition) is 2. The van der Waals surface area contributed by atoms with Crippen molar-refractivity contribution in [3.8, 4) is 0 Å². The summed E-state index contributed by atoms with van der Waals surface area (Å²) in [6.45, 7) is 0.581. The van der Waals surface area contributed by atoms with Crippen LogP contribution in [0.3, 0.4) is 0 Å². The van der Waals surface area contributed by atoms with E-state index in [1.807, 2.05) is 6.07 Å². The van der Waals surface area contributed by atoms with Crippen molar-refractivity contribution >= 4 is 56.8 Å². The molecule has 0 saturated carbocycles. The maximum atomic E-state index is 12.2. The fourth-order valence-corrected chi connectivity index (χ4v) is 3.24. The zero-order valence-corrected chi connectivity index (χ0v) is 18.3. The highest BCUT2D eigenvalue weighted by Crippen LogP contribution is 2.26. The van der Waals surface area contributed by atoms with Gasteiger partial charge in [-0.15, -0.1) is 0 Å². The van der Waals surface area contributed by atoms with E-state index in [-0.39, 0.29) is 24.8 Å². The molecule has 2 N–H and O–H groups in total. The fraction of sp³-hybridized carbons (Fsp3) is 0.150. The fourth-order valence-electron chi connectivity index (χ4n) is 2.59. The van der Waals surface area contributed by atoms with E-state index in [0.717, 1.165) is 10.0 Å². The molecule has 0 aliphatic carbocycles. The van der Waals surface area contributed by atoms with Crippen molar-refractivity contribution in [3.05, 3.63) is 80.4 Å². The third kappa shape index (κ3) is 5.82. The number of hydrogen-bond acceptors (Lipinski definition) is 3. The minimum Gasteiger partial charge on any atom is -0.352 e. The first kappa shape index (κ1) is 21.4. The summed E-state index contributed by atoms with van der Waals surface area (Å²) in [6.07, 6.45) is 1.72. The second-order valence-electron chi connectivity index (χ2n) is 6.15. The van der Waals surface area contributed by atoms with Crippen LogP contribution in [0.25, 0.3) is 0 Å². The average molecular weight is 496 g/mol. The van der Waals surface area contributed by atoms with Crippen LogP contribution in [-0.2, 0) is 11.3 Å². The van der Waals surface area contributed by atoms with Crippen LogP contribution in [0.1, 0.15) is 22.3 Å². The van der Waals surface area contributed by atoms with Crippen molar-refractivity contribution in [1.29, 1.82) is 0 Å². The Morgan fingerprint density at radius 2 is 1.83 bits per heavy atom. The summed E-state index contributed by atoms with van der Waals surface area (Å²) in [4.78, 5) is 24.3. The predicted molar refractivity (Wildman–Crippen MR) is 118 cm³/mol. The lowest BCUT2D eigenvalue weighted by molar-refractivity contribution is -0.116. The number of nitrogens with zero attached hydrogens (tertiary/aromatic N) is 2. The van der Waals surface area contributed by atoms with Gasteiger partial charge in [-0.05, 0) is 35.9 Å². The molecule has 0 fully saturated rings. The summed E-state index contributed by atoms with van der Waals surface area (Å²) in [7, 11) is 0. The summed E-state index contributed by atoms with van der Waals surface area (Å²) >= 11 is 15.6. The second kappa shape index (κ2) is 9.91. The van der Waals surface area contributed by atoms with Gasteiger partial charge in [0.05, 0.1) is 22.8 Å². The Bertz CT molecular complexity index is 1020. The molecular weight excluding hydrogens is 479 g/mol. The zero-order chi connectivity index (χ0) is 20.8. The van der Waals surface area contributed by atoms with Crippen LogP contribution in [0.4, 0.5) is 5.82 Å². The Balaban J connectivity index is 1.52. The molecule has 0 bridgehead atoms. The maximum absolute atomic E-state index is 12.2. The molecule has 150 valence electrons. The molecule has 0 saturated heterocycles. The molecule has 0 radical (unpaired) electrons. The van der Waals surface area contributed by atoms with Gasteiger partial charge in [0.25, 0.3) is 5.91 Å². The van der Waals surface area contributed by atoms with Crippen molar-refractivity contribution in [2.45, 2.75) is 13.0 Å². The molecule has 0 unspecified atom stereocenters. The lowest BCUT2D eigenvalue weighted by Crippen LogP contribution is -2.28. The van der Waals surface area contributed by atoms with E-state index in [0.29, 0.717) is 28.0 Å². The highest BCUT2D eigenvalue weighted by atomic mass is 79.9. The monoisotopic (exact) mass is 494 g/mol. The molecule has 2 amide bonds. The summed E-state index contributed by atoms with van der Waals surface area (Å²) in [5.74, 6) is 0.0660. The van der Waals surface area contributed by atoms with Crippen molar-refractivity contribution in [1.82, 2.24) is 15.1 Å². The normalized spacial score (nSPS) is 10.6. The topological polar surface area (TPSA) is 76.0 Å². The van der Waals surface area contributed by atoms with Crippen molar-refractivity contribution in [3.63, 3.8) is 0 Å². The van der Waals surface area contributed by atoms with Gasteiger partial charge < -0.3 is 10.6 Å². The molecule has 9 heteroatoms. The van der Waals surface area contributed by atoms with E-state index in [1.54, 1.807) is 53.3 Å². The van der Waals surface area contributed by atoms with Crippen molar-refractivity contribution in [2.75, 3.05) is 11.9 Å². The van der Waals surface area contributed by atoms with Crippen molar-refractivity contribution < 1.29 is 9.59 Å². The van der Waals surface area contributed by atoms with Crippen LogP contribution in [0, 0.1) is 0 Å². The number of halogens is 3. The van der Waals surface area contributed by atoms with Gasteiger partial charge in [0.1, 0.15) is 5.82 Å². The molecule has 0 aliphatic heterocycles. The van der Waals surface area contributed by atoms with Gasteiger partial charge in [-0.2, -0.15) is 5.10 Å². The largest absolute Gasteiger partial charge is 0.352 e. The number of benzene rings is 2. The molecule has 1 aromatic heterocycles. The number of carbonyl (C=O) groups excluding carboxylic acids is 2. The minimum atomic E-state index is -0.236. The molecular formula is C20H17BrCl2N4O2. The molecule has 6 nitrogen and oxygen atoms in total. The Labute approximate surface area is 186 Å². The number of anilines is 1. The van der Waals surface area contributed by atoms with Crippen LogP contribution >= 0.6 is 39.1 Å². The van der Waals surface area contributed by atoms with Gasteiger partial charge in [0.15, 0.2) is 0 Å². The molecule has 3 aromatic rings. The van der Waals surface area contributed by atoms with Gasteiger partial charge in [-0.3, -0.25) is 9.59 Å². The van der Waals surface area contributed by atoms with Crippen LogP contribution in [0.15, 0.2) is 59.2 Å². The second-order valence-corrected chi connectivity index (χ2v) is 7.85. The summed E-state index contributed by atoms with van der Waals surface area (Å²) in [6, 6.07) is 14.0. The van der Waals surface area contributed by atoms with E-state index in [2.05, 4.69) is 31.7 Å². The molecule has 29 heavy (non-hydrogen) atoms. The van der Waals surface area contributed by atoms with Gasteiger partial charge in [-0.25, -0.2) is 4.68 Å². The van der Waals surface area contributed by atoms with Crippen LogP contribution in [0.5, 0.6) is 0 Å². The molecule has 0 spiro atoms. The quantitative estimate of drug-likeness (QED) is 0.496. The summed E-state index contributed by atoms with van der Waals surface area (Å²) < 4.78 is 2.51. The van der Waals surface area contributed by atoms with Crippen LogP contribution in [0.2, 0.25) is 10.0 Å². The first-order chi connectivity index (χ1) is 13.9. The molecule has 1 heterocycles. The number of carbonyl (C=O) groups is 2.